The minimum absolute atomic E-state index is 0.0178. The average molecular weight is 466 g/mol. The normalized spacial score (nSPS) is 14.1. The van der Waals surface area contributed by atoms with Crippen molar-refractivity contribution in [3.63, 3.8) is 0 Å². The van der Waals surface area contributed by atoms with Gasteiger partial charge in [-0.2, -0.15) is 0 Å². The quantitative estimate of drug-likeness (QED) is 0.574. The molecule has 7 nitrogen and oxygen atoms in total. The number of nitrogens with zero attached hydrogens (tertiary/aromatic N) is 2. The van der Waals surface area contributed by atoms with E-state index in [1.165, 1.54) is 11.3 Å². The number of carbonyl (C=O) groups is 2. The van der Waals surface area contributed by atoms with Gasteiger partial charge in [0.05, 0.1) is 26.2 Å². The third-order valence-electron chi connectivity index (χ3n) is 5.79. The van der Waals surface area contributed by atoms with E-state index >= 15 is 0 Å². The summed E-state index contributed by atoms with van der Waals surface area (Å²) in [5.74, 6) is 1.34. The Kier molecular flexibility index (Phi) is 7.24. The minimum atomic E-state index is -0.189. The number of aromatic nitrogens is 1. The molecule has 0 aliphatic carbocycles. The number of amides is 2. The molecule has 0 spiro atoms. The number of piperidine rings is 1. The highest BCUT2D eigenvalue weighted by Crippen LogP contribution is 2.32. The molecule has 1 N–H and O–H groups in total. The fourth-order valence-corrected chi connectivity index (χ4v) is 4.81. The molecule has 2 amide bonds. The van der Waals surface area contributed by atoms with Crippen LogP contribution in [0.5, 0.6) is 11.5 Å². The number of likely N-dealkylation sites (tertiary alicyclic amines) is 1. The van der Waals surface area contributed by atoms with Gasteiger partial charge in [0.2, 0.25) is 5.91 Å². The molecule has 8 heteroatoms. The van der Waals surface area contributed by atoms with Crippen LogP contribution in [0.1, 0.15) is 28.9 Å². The topological polar surface area (TPSA) is 80.8 Å². The lowest BCUT2D eigenvalue weighted by Crippen LogP contribution is -2.47. The molecule has 2 aromatic carbocycles. The van der Waals surface area contributed by atoms with Crippen LogP contribution in [-0.2, 0) is 11.2 Å². The van der Waals surface area contributed by atoms with Crippen LogP contribution in [0, 0.1) is 0 Å². The SMILES string of the molecule is COc1ccccc1CC(=O)N1CCC(NC(=O)c2csc(-c3ccccc3OC)n2)CC1. The van der Waals surface area contributed by atoms with Crippen molar-refractivity contribution in [2.75, 3.05) is 27.3 Å². The zero-order chi connectivity index (χ0) is 23.2. The second-order valence-corrected chi connectivity index (χ2v) is 8.71. The maximum atomic E-state index is 12.7. The third kappa shape index (κ3) is 5.34. The Labute approximate surface area is 197 Å². The first-order chi connectivity index (χ1) is 16.1. The predicted molar refractivity (Wildman–Crippen MR) is 128 cm³/mol. The highest BCUT2D eigenvalue weighted by atomic mass is 32.1. The predicted octanol–water partition coefficient (Wildman–Crippen LogP) is 3.79. The molecule has 0 bridgehead atoms. The van der Waals surface area contributed by atoms with E-state index in [2.05, 4.69) is 10.3 Å². The van der Waals surface area contributed by atoms with E-state index in [-0.39, 0.29) is 17.9 Å². The number of benzene rings is 2. The highest BCUT2D eigenvalue weighted by molar-refractivity contribution is 7.13. The maximum absolute atomic E-state index is 12.7. The first-order valence-corrected chi connectivity index (χ1v) is 11.8. The van der Waals surface area contributed by atoms with Gasteiger partial charge in [-0.25, -0.2) is 4.98 Å². The Bertz CT molecular complexity index is 1120. The molecule has 1 saturated heterocycles. The van der Waals surface area contributed by atoms with Crippen molar-refractivity contribution in [1.82, 2.24) is 15.2 Å². The number of hydrogen-bond donors (Lipinski definition) is 1. The molecule has 33 heavy (non-hydrogen) atoms. The second kappa shape index (κ2) is 10.5. The zero-order valence-electron chi connectivity index (χ0n) is 18.7. The molecule has 4 rings (SSSR count). The van der Waals surface area contributed by atoms with E-state index in [0.29, 0.717) is 38.0 Å². The van der Waals surface area contributed by atoms with Gasteiger partial charge in [0.25, 0.3) is 5.91 Å². The van der Waals surface area contributed by atoms with Gasteiger partial charge in [0, 0.05) is 30.1 Å². The number of carbonyl (C=O) groups excluding carboxylic acids is 2. The lowest BCUT2D eigenvalue weighted by molar-refractivity contribution is -0.131. The summed E-state index contributed by atoms with van der Waals surface area (Å²) in [7, 11) is 3.23. The smallest absolute Gasteiger partial charge is 0.270 e. The largest absolute Gasteiger partial charge is 0.496 e. The van der Waals surface area contributed by atoms with Crippen molar-refractivity contribution in [3.8, 4) is 22.1 Å². The Morgan fingerprint density at radius 3 is 2.42 bits per heavy atom. The fourth-order valence-electron chi connectivity index (χ4n) is 3.98. The molecule has 0 unspecified atom stereocenters. The van der Waals surface area contributed by atoms with Crippen LogP contribution in [0.15, 0.2) is 53.9 Å². The summed E-state index contributed by atoms with van der Waals surface area (Å²) in [4.78, 5) is 31.9. The first-order valence-electron chi connectivity index (χ1n) is 10.9. The number of methoxy groups -OCH3 is 2. The van der Waals surface area contributed by atoms with Crippen molar-refractivity contribution < 1.29 is 19.1 Å². The van der Waals surface area contributed by atoms with Crippen molar-refractivity contribution in [2.24, 2.45) is 0 Å². The number of hydrogen-bond acceptors (Lipinski definition) is 6. The summed E-state index contributed by atoms with van der Waals surface area (Å²) in [6.45, 7) is 1.23. The van der Waals surface area contributed by atoms with Crippen LogP contribution < -0.4 is 14.8 Å². The molecule has 1 aromatic heterocycles. The summed E-state index contributed by atoms with van der Waals surface area (Å²) < 4.78 is 10.7. The van der Waals surface area contributed by atoms with Gasteiger partial charge in [-0.15, -0.1) is 11.3 Å². The van der Waals surface area contributed by atoms with E-state index in [9.17, 15) is 9.59 Å². The molecule has 0 atom stereocenters. The van der Waals surface area contributed by atoms with Crippen LogP contribution in [0.25, 0.3) is 10.6 Å². The van der Waals surface area contributed by atoms with Crippen molar-refractivity contribution in [2.45, 2.75) is 25.3 Å². The first kappa shape index (κ1) is 22.8. The molecule has 172 valence electrons. The summed E-state index contributed by atoms with van der Waals surface area (Å²) in [6.07, 6.45) is 1.74. The number of rotatable bonds is 7. The van der Waals surface area contributed by atoms with E-state index in [0.717, 1.165) is 27.6 Å². The highest BCUT2D eigenvalue weighted by Gasteiger charge is 2.25. The van der Waals surface area contributed by atoms with Gasteiger partial charge >= 0.3 is 0 Å². The van der Waals surface area contributed by atoms with Crippen molar-refractivity contribution >= 4 is 23.2 Å². The molecule has 1 aliphatic heterocycles. The van der Waals surface area contributed by atoms with Crippen LogP contribution in [0.3, 0.4) is 0 Å². The van der Waals surface area contributed by atoms with Crippen molar-refractivity contribution in [1.29, 1.82) is 0 Å². The van der Waals surface area contributed by atoms with Gasteiger partial charge in [-0.3, -0.25) is 9.59 Å². The minimum Gasteiger partial charge on any atom is -0.496 e. The Morgan fingerprint density at radius 2 is 1.70 bits per heavy atom. The monoisotopic (exact) mass is 465 g/mol. The molecule has 0 radical (unpaired) electrons. The zero-order valence-corrected chi connectivity index (χ0v) is 19.6. The fraction of sp³-hybridized carbons (Fsp3) is 0.320. The van der Waals surface area contributed by atoms with E-state index < -0.39 is 0 Å². The molecular weight excluding hydrogens is 438 g/mol. The summed E-state index contributed by atoms with van der Waals surface area (Å²) in [6, 6.07) is 15.2. The summed E-state index contributed by atoms with van der Waals surface area (Å²) in [5, 5.41) is 5.58. The number of thiazole rings is 1. The van der Waals surface area contributed by atoms with Crippen LogP contribution in [0.2, 0.25) is 0 Å². The Morgan fingerprint density at radius 1 is 1.03 bits per heavy atom. The van der Waals surface area contributed by atoms with Gasteiger partial charge in [-0.05, 0) is 31.0 Å². The number of para-hydroxylation sites is 2. The van der Waals surface area contributed by atoms with Gasteiger partial charge in [0.15, 0.2) is 0 Å². The standard InChI is InChI=1S/C25H27N3O4S/c1-31-21-9-5-3-7-17(21)15-23(29)28-13-11-18(12-14-28)26-24(30)20-16-33-25(27-20)19-8-4-6-10-22(19)32-2/h3-10,16,18H,11-15H2,1-2H3,(H,26,30). The lowest BCUT2D eigenvalue weighted by Gasteiger charge is -2.32. The molecule has 0 saturated carbocycles. The van der Waals surface area contributed by atoms with Crippen LogP contribution in [0.4, 0.5) is 0 Å². The lowest BCUT2D eigenvalue weighted by atomic mass is 10.0. The molecular formula is C25H27N3O4S. The number of ether oxygens (including phenoxy) is 2. The van der Waals surface area contributed by atoms with Gasteiger partial charge < -0.3 is 19.7 Å². The van der Waals surface area contributed by atoms with Crippen molar-refractivity contribution in [3.05, 3.63) is 65.2 Å². The van der Waals surface area contributed by atoms with Crippen LogP contribution in [-0.4, -0.2) is 55.0 Å². The van der Waals surface area contributed by atoms with E-state index in [1.54, 1.807) is 19.6 Å². The van der Waals surface area contributed by atoms with E-state index in [1.807, 2.05) is 53.4 Å². The average Bonchev–Trinajstić information content (AvgIpc) is 3.35. The Balaban J connectivity index is 1.31. The summed E-state index contributed by atoms with van der Waals surface area (Å²) >= 11 is 1.42. The maximum Gasteiger partial charge on any atom is 0.270 e. The Hall–Kier alpha value is -3.39. The molecule has 3 aromatic rings. The molecule has 1 aliphatic rings. The van der Waals surface area contributed by atoms with E-state index in [4.69, 9.17) is 9.47 Å². The van der Waals surface area contributed by atoms with Gasteiger partial charge in [0.1, 0.15) is 22.2 Å². The number of nitrogens with one attached hydrogen (secondary N) is 1. The molecule has 1 fully saturated rings. The second-order valence-electron chi connectivity index (χ2n) is 7.86. The molecule has 2 heterocycles. The van der Waals surface area contributed by atoms with Crippen LogP contribution >= 0.6 is 11.3 Å². The third-order valence-corrected chi connectivity index (χ3v) is 6.67. The summed E-state index contributed by atoms with van der Waals surface area (Å²) in [5.41, 5.74) is 2.15. The van der Waals surface area contributed by atoms with Gasteiger partial charge in [-0.1, -0.05) is 30.3 Å².